The Morgan fingerprint density at radius 2 is 2.11 bits per heavy atom. The molecule has 140 valence electrons. The van der Waals surface area contributed by atoms with Crippen LogP contribution in [0, 0.1) is 12.8 Å². The van der Waals surface area contributed by atoms with Crippen molar-refractivity contribution in [3.63, 3.8) is 0 Å². The molecule has 27 heavy (non-hydrogen) atoms. The highest BCUT2D eigenvalue weighted by molar-refractivity contribution is 6.30. The van der Waals surface area contributed by atoms with E-state index in [4.69, 9.17) is 16.6 Å². The molecule has 1 amide bonds. The number of nitrogens with zero attached hydrogens (tertiary/aromatic N) is 2. The van der Waals surface area contributed by atoms with Crippen molar-refractivity contribution in [3.8, 4) is 0 Å². The molecule has 0 spiro atoms. The van der Waals surface area contributed by atoms with Crippen molar-refractivity contribution in [3.05, 3.63) is 58.6 Å². The number of benzene rings is 2. The number of anilines is 1. The van der Waals surface area contributed by atoms with Crippen molar-refractivity contribution < 1.29 is 4.79 Å². The quantitative estimate of drug-likeness (QED) is 0.715. The van der Waals surface area contributed by atoms with Crippen LogP contribution in [0.2, 0.25) is 5.02 Å². The molecule has 1 aliphatic heterocycles. The van der Waals surface area contributed by atoms with Gasteiger partial charge in [0.25, 0.3) is 0 Å². The van der Waals surface area contributed by atoms with Crippen molar-refractivity contribution in [1.29, 1.82) is 0 Å². The van der Waals surface area contributed by atoms with Gasteiger partial charge in [0.05, 0.1) is 17.0 Å². The summed E-state index contributed by atoms with van der Waals surface area (Å²) in [6, 6.07) is 13.8. The fraction of sp³-hybridized carbons (Fsp3) is 0.333. The van der Waals surface area contributed by atoms with Crippen LogP contribution in [-0.4, -0.2) is 29.0 Å². The Balaban J connectivity index is 1.40. The number of imidazole rings is 1. The lowest BCUT2D eigenvalue weighted by Crippen LogP contribution is -2.43. The summed E-state index contributed by atoms with van der Waals surface area (Å²) in [7, 11) is 0. The van der Waals surface area contributed by atoms with Crippen LogP contribution < -0.4 is 10.2 Å². The lowest BCUT2D eigenvalue weighted by Gasteiger charge is -2.31. The first kappa shape index (κ1) is 17.9. The third-order valence-electron chi connectivity index (χ3n) is 5.10. The minimum absolute atomic E-state index is 0.0269. The Bertz CT molecular complexity index is 950. The number of aromatic amines is 1. The van der Waals surface area contributed by atoms with E-state index in [2.05, 4.69) is 34.3 Å². The Morgan fingerprint density at radius 1 is 1.30 bits per heavy atom. The van der Waals surface area contributed by atoms with Crippen molar-refractivity contribution in [2.24, 2.45) is 5.92 Å². The van der Waals surface area contributed by atoms with Gasteiger partial charge in [-0.3, -0.25) is 4.79 Å². The molecule has 1 fully saturated rings. The van der Waals surface area contributed by atoms with Gasteiger partial charge in [-0.15, -0.1) is 0 Å². The van der Waals surface area contributed by atoms with E-state index in [0.29, 0.717) is 18.1 Å². The van der Waals surface area contributed by atoms with Crippen LogP contribution in [0.4, 0.5) is 5.95 Å². The number of aryl methyl sites for hydroxylation is 1. The summed E-state index contributed by atoms with van der Waals surface area (Å²) in [5, 5.41) is 3.76. The van der Waals surface area contributed by atoms with E-state index in [1.165, 1.54) is 5.56 Å². The molecule has 0 saturated carbocycles. The second kappa shape index (κ2) is 7.61. The zero-order chi connectivity index (χ0) is 18.8. The summed E-state index contributed by atoms with van der Waals surface area (Å²) in [6.45, 7) is 4.20. The molecule has 0 aliphatic carbocycles. The van der Waals surface area contributed by atoms with Crippen LogP contribution in [0.5, 0.6) is 0 Å². The van der Waals surface area contributed by atoms with Crippen LogP contribution in [0.15, 0.2) is 42.5 Å². The third-order valence-corrected chi connectivity index (χ3v) is 5.35. The largest absolute Gasteiger partial charge is 0.352 e. The normalized spacial score (nSPS) is 17.3. The van der Waals surface area contributed by atoms with E-state index in [0.717, 1.165) is 41.9 Å². The number of halogens is 1. The maximum atomic E-state index is 12.6. The zero-order valence-electron chi connectivity index (χ0n) is 15.3. The van der Waals surface area contributed by atoms with E-state index >= 15 is 0 Å². The second-order valence-electron chi connectivity index (χ2n) is 7.21. The van der Waals surface area contributed by atoms with Crippen LogP contribution in [0.3, 0.4) is 0 Å². The first-order chi connectivity index (χ1) is 13.1. The first-order valence-corrected chi connectivity index (χ1v) is 9.70. The molecule has 1 aromatic heterocycles. The van der Waals surface area contributed by atoms with Crippen molar-refractivity contribution >= 4 is 34.5 Å². The van der Waals surface area contributed by atoms with E-state index in [1.54, 1.807) is 0 Å². The van der Waals surface area contributed by atoms with Gasteiger partial charge in [0.1, 0.15) is 0 Å². The van der Waals surface area contributed by atoms with Gasteiger partial charge in [0, 0.05) is 24.7 Å². The molecule has 0 bridgehead atoms. The number of rotatable bonds is 4. The summed E-state index contributed by atoms with van der Waals surface area (Å²) in [6.07, 6.45) is 1.89. The highest BCUT2D eigenvalue weighted by Gasteiger charge is 2.27. The van der Waals surface area contributed by atoms with Gasteiger partial charge in [-0.1, -0.05) is 29.8 Å². The lowest BCUT2D eigenvalue weighted by atomic mass is 9.97. The summed E-state index contributed by atoms with van der Waals surface area (Å²) >= 11 is 5.91. The molecule has 0 radical (unpaired) electrons. The molecular weight excluding hydrogens is 360 g/mol. The molecule has 2 heterocycles. The molecule has 3 aromatic rings. The maximum absolute atomic E-state index is 12.6. The average Bonchev–Trinajstić information content (AvgIpc) is 3.10. The number of carbonyl (C=O) groups is 1. The smallest absolute Gasteiger partial charge is 0.225 e. The average molecular weight is 383 g/mol. The van der Waals surface area contributed by atoms with Crippen LogP contribution in [0.1, 0.15) is 24.0 Å². The van der Waals surface area contributed by atoms with Gasteiger partial charge in [-0.2, -0.15) is 0 Å². The molecule has 4 rings (SSSR count). The monoisotopic (exact) mass is 382 g/mol. The third kappa shape index (κ3) is 4.08. The SMILES string of the molecule is Cc1ccc2nc(N3CCC[C@H](C(=O)NCc4ccc(Cl)cc4)C3)[nH]c2c1. The number of hydrogen-bond acceptors (Lipinski definition) is 3. The fourth-order valence-corrected chi connectivity index (χ4v) is 3.71. The molecule has 5 nitrogen and oxygen atoms in total. The summed E-state index contributed by atoms with van der Waals surface area (Å²) in [5.41, 5.74) is 4.26. The molecule has 1 atom stereocenters. The van der Waals surface area contributed by atoms with E-state index in [9.17, 15) is 4.79 Å². The van der Waals surface area contributed by atoms with Gasteiger partial charge in [-0.25, -0.2) is 4.98 Å². The van der Waals surface area contributed by atoms with Gasteiger partial charge < -0.3 is 15.2 Å². The number of hydrogen-bond donors (Lipinski definition) is 2. The number of piperidine rings is 1. The standard InChI is InChI=1S/C21H23ClN4O/c1-14-4-9-18-19(11-14)25-21(24-18)26-10-2-3-16(13-26)20(27)23-12-15-5-7-17(22)8-6-15/h4-9,11,16H,2-3,10,12-13H2,1H3,(H,23,27)(H,24,25)/t16-/m0/s1. The molecule has 2 aromatic carbocycles. The minimum Gasteiger partial charge on any atom is -0.352 e. The molecule has 0 unspecified atom stereocenters. The number of aromatic nitrogens is 2. The summed E-state index contributed by atoms with van der Waals surface area (Å²) < 4.78 is 0. The van der Waals surface area contributed by atoms with Crippen molar-refractivity contribution in [1.82, 2.24) is 15.3 Å². The predicted octanol–water partition coefficient (Wildman–Crippen LogP) is 4.06. The van der Waals surface area contributed by atoms with Gasteiger partial charge in [-0.05, 0) is 55.2 Å². The fourth-order valence-electron chi connectivity index (χ4n) is 3.58. The molecule has 6 heteroatoms. The molecule has 1 aliphatic rings. The highest BCUT2D eigenvalue weighted by Crippen LogP contribution is 2.24. The Kier molecular flexibility index (Phi) is 5.03. The van der Waals surface area contributed by atoms with E-state index in [-0.39, 0.29) is 11.8 Å². The van der Waals surface area contributed by atoms with Gasteiger partial charge in [0.15, 0.2) is 0 Å². The Hall–Kier alpha value is -2.53. The molecular formula is C21H23ClN4O. The highest BCUT2D eigenvalue weighted by atomic mass is 35.5. The van der Waals surface area contributed by atoms with Crippen molar-refractivity contribution in [2.75, 3.05) is 18.0 Å². The summed E-state index contributed by atoms with van der Waals surface area (Å²) in [5.74, 6) is 0.924. The molecule has 1 saturated heterocycles. The Labute approximate surface area is 163 Å². The number of H-pyrrole nitrogens is 1. The minimum atomic E-state index is -0.0269. The molecule has 2 N–H and O–H groups in total. The van der Waals surface area contributed by atoms with Crippen molar-refractivity contribution in [2.45, 2.75) is 26.3 Å². The van der Waals surface area contributed by atoms with Gasteiger partial charge in [0.2, 0.25) is 11.9 Å². The van der Waals surface area contributed by atoms with E-state index in [1.807, 2.05) is 30.3 Å². The number of fused-ring (bicyclic) bond motifs is 1. The van der Waals surface area contributed by atoms with Crippen LogP contribution in [0.25, 0.3) is 11.0 Å². The number of carbonyl (C=O) groups excluding carboxylic acids is 1. The van der Waals surface area contributed by atoms with Gasteiger partial charge >= 0.3 is 0 Å². The number of nitrogens with one attached hydrogen (secondary N) is 2. The Morgan fingerprint density at radius 3 is 2.93 bits per heavy atom. The first-order valence-electron chi connectivity index (χ1n) is 9.32. The lowest BCUT2D eigenvalue weighted by molar-refractivity contribution is -0.125. The summed E-state index contributed by atoms with van der Waals surface area (Å²) in [4.78, 5) is 22.9. The van der Waals surface area contributed by atoms with Crippen LogP contribution in [-0.2, 0) is 11.3 Å². The zero-order valence-corrected chi connectivity index (χ0v) is 16.1. The number of amides is 1. The van der Waals surface area contributed by atoms with Crippen LogP contribution >= 0.6 is 11.6 Å². The predicted molar refractivity (Wildman–Crippen MR) is 109 cm³/mol. The maximum Gasteiger partial charge on any atom is 0.225 e. The second-order valence-corrected chi connectivity index (χ2v) is 7.65. The van der Waals surface area contributed by atoms with E-state index < -0.39 is 0 Å². The topological polar surface area (TPSA) is 61.0 Å².